The summed E-state index contributed by atoms with van der Waals surface area (Å²) in [7, 11) is 0. The van der Waals surface area contributed by atoms with Crippen molar-refractivity contribution in [3.8, 4) is 22.6 Å². The van der Waals surface area contributed by atoms with Crippen LogP contribution in [0.25, 0.3) is 22.6 Å². The molecular weight excluding hydrogens is 426 g/mol. The van der Waals surface area contributed by atoms with Gasteiger partial charge >= 0.3 is 0 Å². The van der Waals surface area contributed by atoms with Crippen molar-refractivity contribution in [2.24, 2.45) is 0 Å². The lowest BCUT2D eigenvalue weighted by Crippen LogP contribution is -2.12. The highest BCUT2D eigenvalue weighted by molar-refractivity contribution is 5.99. The highest BCUT2D eigenvalue weighted by Crippen LogP contribution is 2.39. The van der Waals surface area contributed by atoms with Gasteiger partial charge < -0.3 is 9.30 Å². The van der Waals surface area contributed by atoms with E-state index in [4.69, 9.17) is 9.72 Å². The Labute approximate surface area is 197 Å². The minimum Gasteiger partial charge on any atom is -0.377 e. The summed E-state index contributed by atoms with van der Waals surface area (Å²) < 4.78 is 7.93. The minimum absolute atomic E-state index is 0.0196. The topological polar surface area (TPSA) is 82.8 Å². The van der Waals surface area contributed by atoms with Gasteiger partial charge in [0.25, 0.3) is 0 Å². The van der Waals surface area contributed by atoms with Crippen molar-refractivity contribution in [1.29, 1.82) is 0 Å². The van der Waals surface area contributed by atoms with Gasteiger partial charge in [0, 0.05) is 47.8 Å². The van der Waals surface area contributed by atoms with Crippen LogP contribution in [0.4, 0.5) is 0 Å². The van der Waals surface area contributed by atoms with Gasteiger partial charge in [0.05, 0.1) is 13.0 Å². The fraction of sp³-hybridized carbons (Fsp3) is 0.296. The summed E-state index contributed by atoms with van der Waals surface area (Å²) in [6, 6.07) is 16.0. The summed E-state index contributed by atoms with van der Waals surface area (Å²) in [5.74, 6) is 1.34. The van der Waals surface area contributed by atoms with E-state index in [9.17, 15) is 4.79 Å². The smallest absolute Gasteiger partial charge is 0.182 e. The molecule has 2 aliphatic rings. The van der Waals surface area contributed by atoms with Crippen LogP contribution in [0.15, 0.2) is 61.1 Å². The first kappa shape index (κ1) is 20.9. The van der Waals surface area contributed by atoms with E-state index >= 15 is 0 Å². The normalized spacial score (nSPS) is 16.4. The summed E-state index contributed by atoms with van der Waals surface area (Å²) in [6.07, 6.45) is 7.10. The van der Waals surface area contributed by atoms with Crippen molar-refractivity contribution in [2.75, 3.05) is 6.61 Å². The molecule has 0 N–H and O–H groups in total. The number of aryl methyl sites for hydroxylation is 1. The molecule has 0 atom stereocenters. The lowest BCUT2D eigenvalue weighted by atomic mass is 9.95. The molecule has 6 rings (SSSR count). The first-order valence-electron chi connectivity index (χ1n) is 11.8. The van der Waals surface area contributed by atoms with Gasteiger partial charge in [-0.15, -0.1) is 10.2 Å². The zero-order valence-electron chi connectivity index (χ0n) is 18.9. The Morgan fingerprint density at radius 2 is 1.94 bits per heavy atom. The van der Waals surface area contributed by atoms with Crippen molar-refractivity contribution in [3.63, 3.8) is 0 Å². The number of Topliss-reactive ketones (excluding diaryl/α,β-unsaturated/α-hetero) is 1. The number of hydrogen-bond acceptors (Lipinski definition) is 6. The van der Waals surface area contributed by atoms with Gasteiger partial charge in [-0.25, -0.2) is 4.98 Å². The van der Waals surface area contributed by atoms with Crippen LogP contribution in [0.3, 0.4) is 0 Å². The molecule has 4 aromatic rings. The highest BCUT2D eigenvalue weighted by Gasteiger charge is 2.24. The third-order valence-corrected chi connectivity index (χ3v) is 6.46. The van der Waals surface area contributed by atoms with Crippen LogP contribution in [0.1, 0.15) is 52.5 Å². The molecule has 0 radical (unpaired) electrons. The largest absolute Gasteiger partial charge is 0.377 e. The lowest BCUT2D eigenvalue weighted by Gasteiger charge is -2.14. The zero-order chi connectivity index (χ0) is 22.9. The van der Waals surface area contributed by atoms with E-state index < -0.39 is 0 Å². The third-order valence-electron chi connectivity index (χ3n) is 6.46. The molecule has 1 fully saturated rings. The molecule has 170 valence electrons. The van der Waals surface area contributed by atoms with E-state index in [-0.39, 0.29) is 12.2 Å². The van der Waals surface area contributed by atoms with Gasteiger partial charge in [-0.1, -0.05) is 24.3 Å². The van der Waals surface area contributed by atoms with E-state index in [0.717, 1.165) is 41.0 Å². The Balaban J connectivity index is 1.35. The van der Waals surface area contributed by atoms with Gasteiger partial charge in [0.15, 0.2) is 11.6 Å². The molecule has 1 aliphatic carbocycles. The van der Waals surface area contributed by atoms with E-state index in [0.29, 0.717) is 36.2 Å². The summed E-state index contributed by atoms with van der Waals surface area (Å²) >= 11 is 0. The van der Waals surface area contributed by atoms with Crippen LogP contribution in [0.2, 0.25) is 0 Å². The molecule has 7 nitrogen and oxygen atoms in total. The monoisotopic (exact) mass is 451 g/mol. The first-order valence-corrected chi connectivity index (χ1v) is 11.8. The number of ether oxygens (including phenoxy) is 1. The number of nitrogens with zero attached hydrogens (tertiary/aromatic N) is 5. The van der Waals surface area contributed by atoms with Crippen molar-refractivity contribution >= 4 is 5.78 Å². The van der Waals surface area contributed by atoms with Gasteiger partial charge in [0.2, 0.25) is 0 Å². The molecule has 4 heterocycles. The maximum absolute atomic E-state index is 13.5. The fourth-order valence-corrected chi connectivity index (χ4v) is 4.44. The predicted molar refractivity (Wildman–Crippen MR) is 127 cm³/mol. The van der Waals surface area contributed by atoms with Gasteiger partial charge in [-0.3, -0.25) is 9.78 Å². The van der Waals surface area contributed by atoms with Crippen LogP contribution in [0, 0.1) is 0 Å². The molecule has 34 heavy (non-hydrogen) atoms. The Bertz CT molecular complexity index is 1340. The Hall–Kier alpha value is -3.71. The van der Waals surface area contributed by atoms with Gasteiger partial charge in [-0.2, -0.15) is 0 Å². The quantitative estimate of drug-likeness (QED) is 0.442. The standard InChI is InChI=1S/C27H25N5O2/c33-26-14-22-3-1-4-25(30-22)27-31-29-17-32(27)11-2-12-34-16-21-8-7-19(13-23(21)26)20-9-10-24(28-15-20)18-5-6-18/h1,3-4,7-10,13,15,17-18H,2,5-6,11-12,14,16H2. The molecule has 1 saturated carbocycles. The van der Waals surface area contributed by atoms with Gasteiger partial charge in [-0.05, 0) is 54.7 Å². The number of carbonyl (C=O) groups is 1. The van der Waals surface area contributed by atoms with Gasteiger partial charge in [0.1, 0.15) is 12.0 Å². The van der Waals surface area contributed by atoms with Crippen molar-refractivity contribution in [3.05, 3.63) is 83.6 Å². The second kappa shape index (κ2) is 8.91. The first-order chi connectivity index (χ1) is 16.7. The summed E-state index contributed by atoms with van der Waals surface area (Å²) in [6.45, 7) is 1.71. The molecule has 0 saturated heterocycles. The molecule has 3 aromatic heterocycles. The number of ketones is 1. The Morgan fingerprint density at radius 1 is 1.03 bits per heavy atom. The maximum atomic E-state index is 13.5. The molecule has 7 heteroatoms. The summed E-state index contributed by atoms with van der Waals surface area (Å²) in [5, 5.41) is 8.29. The number of pyridine rings is 2. The Morgan fingerprint density at radius 3 is 2.79 bits per heavy atom. The zero-order valence-corrected chi connectivity index (χ0v) is 18.9. The maximum Gasteiger partial charge on any atom is 0.182 e. The average molecular weight is 452 g/mol. The molecule has 1 aromatic carbocycles. The molecule has 0 unspecified atom stereocenters. The molecule has 1 aliphatic heterocycles. The number of rotatable bonds is 2. The number of hydrogen-bond donors (Lipinski definition) is 0. The van der Waals surface area contributed by atoms with E-state index in [1.54, 1.807) is 6.33 Å². The SMILES string of the molecule is O=C1Cc2cccc(n2)-c2nncn2CCCOCc2ccc(-c3ccc(C4CC4)nc3)cc21. The van der Waals surface area contributed by atoms with E-state index in [1.165, 1.54) is 12.8 Å². The fourth-order valence-electron chi connectivity index (χ4n) is 4.44. The average Bonchev–Trinajstić information content (AvgIpc) is 3.61. The second-order valence-electron chi connectivity index (χ2n) is 8.99. The highest BCUT2D eigenvalue weighted by atomic mass is 16.5. The summed E-state index contributed by atoms with van der Waals surface area (Å²) in [5.41, 5.74) is 6.16. The van der Waals surface area contributed by atoms with E-state index in [2.05, 4.69) is 33.4 Å². The minimum atomic E-state index is 0.0196. The van der Waals surface area contributed by atoms with Crippen molar-refractivity contribution in [2.45, 2.75) is 44.8 Å². The molecule has 0 spiro atoms. The number of aromatic nitrogens is 5. The number of benzene rings is 1. The van der Waals surface area contributed by atoms with Crippen LogP contribution in [-0.2, 0) is 24.3 Å². The number of carbonyl (C=O) groups excluding carboxylic acids is 1. The molecule has 2 bridgehead atoms. The third kappa shape index (κ3) is 4.26. The predicted octanol–water partition coefficient (Wildman–Crippen LogP) is 4.63. The van der Waals surface area contributed by atoms with Crippen LogP contribution in [0.5, 0.6) is 0 Å². The Kier molecular flexibility index (Phi) is 5.47. The van der Waals surface area contributed by atoms with Crippen LogP contribution in [-0.4, -0.2) is 37.1 Å². The van der Waals surface area contributed by atoms with Crippen LogP contribution < -0.4 is 0 Å². The van der Waals surface area contributed by atoms with Crippen molar-refractivity contribution < 1.29 is 9.53 Å². The lowest BCUT2D eigenvalue weighted by molar-refractivity contribution is 0.0972. The second-order valence-corrected chi connectivity index (χ2v) is 8.99. The number of fused-ring (bicyclic) bond motifs is 5. The summed E-state index contributed by atoms with van der Waals surface area (Å²) in [4.78, 5) is 22.8. The van der Waals surface area contributed by atoms with Crippen LogP contribution >= 0.6 is 0 Å². The van der Waals surface area contributed by atoms with E-state index in [1.807, 2.05) is 41.1 Å². The molecular formula is C27H25N5O2. The van der Waals surface area contributed by atoms with Crippen molar-refractivity contribution in [1.82, 2.24) is 24.7 Å². The molecule has 0 amide bonds.